The van der Waals surface area contributed by atoms with Gasteiger partial charge in [-0.15, -0.1) is 0 Å². The first-order valence-corrected chi connectivity index (χ1v) is 9.28. The van der Waals surface area contributed by atoms with Crippen LogP contribution in [0.1, 0.15) is 69.8 Å². The molecule has 2 rings (SSSR count). The summed E-state index contributed by atoms with van der Waals surface area (Å²) in [6.45, 7) is 6.35. The minimum Gasteiger partial charge on any atom is -0.489 e. The van der Waals surface area contributed by atoms with Crippen LogP contribution in [0.4, 0.5) is 0 Å². The Hall–Kier alpha value is -1.77. The van der Waals surface area contributed by atoms with Gasteiger partial charge in [0.25, 0.3) is 0 Å². The lowest BCUT2D eigenvalue weighted by atomic mass is 9.81. The molecule has 0 spiro atoms. The van der Waals surface area contributed by atoms with Gasteiger partial charge < -0.3 is 9.47 Å². The fraction of sp³-hybridized carbons (Fsp3) is 0.571. The normalized spacial score (nSPS) is 20.4. The van der Waals surface area contributed by atoms with Crippen LogP contribution in [0.2, 0.25) is 0 Å². The van der Waals surface area contributed by atoms with Crippen molar-refractivity contribution >= 4 is 5.97 Å². The summed E-state index contributed by atoms with van der Waals surface area (Å²) in [5.41, 5.74) is 1.16. The maximum Gasteiger partial charge on any atom is 0.306 e. The molecule has 1 aromatic rings. The summed E-state index contributed by atoms with van der Waals surface area (Å²) < 4.78 is 11.7. The molecule has 1 saturated carbocycles. The third kappa shape index (κ3) is 5.40. The van der Waals surface area contributed by atoms with Crippen molar-refractivity contribution in [2.45, 2.75) is 70.3 Å². The number of hydrogen-bond donors (Lipinski definition) is 0. The first-order valence-electron chi connectivity index (χ1n) is 9.28. The number of rotatable bonds is 9. The van der Waals surface area contributed by atoms with Crippen LogP contribution in [0.25, 0.3) is 0 Å². The molecule has 0 aliphatic heterocycles. The molecular formula is C21H30O3. The Labute approximate surface area is 146 Å². The number of carbonyl (C=O) groups excluding carboxylic acids is 1. The summed E-state index contributed by atoms with van der Waals surface area (Å²) >= 11 is 0. The zero-order valence-corrected chi connectivity index (χ0v) is 14.8. The third-order valence-electron chi connectivity index (χ3n) is 4.64. The van der Waals surface area contributed by atoms with E-state index in [2.05, 4.69) is 19.6 Å². The van der Waals surface area contributed by atoms with Gasteiger partial charge in [0.15, 0.2) is 0 Å². The van der Waals surface area contributed by atoms with Crippen molar-refractivity contribution in [2.75, 3.05) is 6.61 Å². The number of carbonyl (C=O) groups is 1. The Balaban J connectivity index is 2.06. The van der Waals surface area contributed by atoms with Crippen LogP contribution in [0, 0.1) is 0 Å². The summed E-state index contributed by atoms with van der Waals surface area (Å²) in [4.78, 5) is 12.2. The molecule has 0 N–H and O–H groups in total. The van der Waals surface area contributed by atoms with E-state index in [1.807, 2.05) is 18.2 Å². The average molecular weight is 330 g/mol. The molecule has 0 amide bonds. The van der Waals surface area contributed by atoms with E-state index in [4.69, 9.17) is 9.47 Å². The summed E-state index contributed by atoms with van der Waals surface area (Å²) in [6.07, 6.45) is 9.67. The lowest BCUT2D eigenvalue weighted by Gasteiger charge is -2.32. The van der Waals surface area contributed by atoms with Crippen molar-refractivity contribution in [1.82, 2.24) is 0 Å². The van der Waals surface area contributed by atoms with Gasteiger partial charge in [-0.1, -0.05) is 57.0 Å². The molecule has 0 radical (unpaired) electrons. The first kappa shape index (κ1) is 18.6. The van der Waals surface area contributed by atoms with Crippen LogP contribution >= 0.6 is 0 Å². The molecular weight excluding hydrogens is 300 g/mol. The molecule has 3 nitrogen and oxygen atoms in total. The maximum absolute atomic E-state index is 12.2. The number of benzene rings is 1. The minimum absolute atomic E-state index is 0.0265. The van der Waals surface area contributed by atoms with Crippen LogP contribution in [0.3, 0.4) is 0 Å². The van der Waals surface area contributed by atoms with Gasteiger partial charge in [0.05, 0.1) is 0 Å². The van der Waals surface area contributed by atoms with Gasteiger partial charge in [-0.2, -0.15) is 0 Å². The Morgan fingerprint density at radius 2 is 2.04 bits per heavy atom. The number of esters is 1. The van der Waals surface area contributed by atoms with Crippen molar-refractivity contribution < 1.29 is 14.3 Å². The molecule has 0 aromatic heterocycles. The summed E-state index contributed by atoms with van der Waals surface area (Å²) in [5, 5.41) is 0. The first-order chi connectivity index (χ1) is 11.8. The van der Waals surface area contributed by atoms with Gasteiger partial charge in [-0.05, 0) is 31.7 Å². The van der Waals surface area contributed by atoms with Gasteiger partial charge in [0.1, 0.15) is 18.5 Å². The summed E-state index contributed by atoms with van der Waals surface area (Å²) in [5.74, 6) is 1.07. The predicted octanol–water partition coefficient (Wildman–Crippen LogP) is 5.40. The van der Waals surface area contributed by atoms with E-state index >= 15 is 0 Å². The Bertz CT molecular complexity index is 524. The van der Waals surface area contributed by atoms with Crippen LogP contribution in [-0.4, -0.2) is 18.7 Å². The fourth-order valence-corrected chi connectivity index (χ4v) is 3.41. The third-order valence-corrected chi connectivity index (χ3v) is 4.64. The molecule has 2 unspecified atom stereocenters. The monoisotopic (exact) mass is 330 g/mol. The van der Waals surface area contributed by atoms with Crippen molar-refractivity contribution in [3.8, 4) is 5.75 Å². The Morgan fingerprint density at radius 1 is 1.25 bits per heavy atom. The SMILES string of the molecule is C=CCOc1ccccc1C1CCCCC1OC(=O)CCCCC. The van der Waals surface area contributed by atoms with Crippen LogP contribution in [0.15, 0.2) is 36.9 Å². The zero-order valence-electron chi connectivity index (χ0n) is 14.8. The molecule has 1 aliphatic carbocycles. The van der Waals surface area contributed by atoms with Crippen LogP contribution in [-0.2, 0) is 9.53 Å². The molecule has 24 heavy (non-hydrogen) atoms. The van der Waals surface area contributed by atoms with E-state index < -0.39 is 0 Å². The van der Waals surface area contributed by atoms with Crippen LogP contribution in [0.5, 0.6) is 5.75 Å². The van der Waals surface area contributed by atoms with Gasteiger partial charge in [0.2, 0.25) is 0 Å². The molecule has 0 heterocycles. The van der Waals surface area contributed by atoms with Crippen LogP contribution < -0.4 is 4.74 Å². The maximum atomic E-state index is 12.2. The summed E-state index contributed by atoms with van der Waals surface area (Å²) in [7, 11) is 0. The van der Waals surface area contributed by atoms with Crippen molar-refractivity contribution in [1.29, 1.82) is 0 Å². The van der Waals surface area contributed by atoms with E-state index in [0.717, 1.165) is 49.8 Å². The second-order valence-electron chi connectivity index (χ2n) is 6.51. The van der Waals surface area contributed by atoms with E-state index in [9.17, 15) is 4.79 Å². The minimum atomic E-state index is -0.0511. The summed E-state index contributed by atoms with van der Waals surface area (Å²) in [6, 6.07) is 8.11. The fourth-order valence-electron chi connectivity index (χ4n) is 3.41. The topological polar surface area (TPSA) is 35.5 Å². The Morgan fingerprint density at radius 3 is 2.83 bits per heavy atom. The lowest BCUT2D eigenvalue weighted by Crippen LogP contribution is -2.29. The average Bonchev–Trinajstić information content (AvgIpc) is 2.61. The van der Waals surface area contributed by atoms with Gasteiger partial charge in [0, 0.05) is 17.9 Å². The van der Waals surface area contributed by atoms with E-state index in [1.165, 1.54) is 6.42 Å². The van der Waals surface area contributed by atoms with Crippen molar-refractivity contribution in [3.05, 3.63) is 42.5 Å². The zero-order chi connectivity index (χ0) is 17.2. The number of hydrogen-bond acceptors (Lipinski definition) is 3. The van der Waals surface area contributed by atoms with E-state index in [-0.39, 0.29) is 18.0 Å². The highest BCUT2D eigenvalue weighted by Crippen LogP contribution is 2.39. The number of ether oxygens (including phenoxy) is 2. The Kier molecular flexibility index (Phi) is 7.87. The smallest absolute Gasteiger partial charge is 0.306 e. The highest BCUT2D eigenvalue weighted by atomic mass is 16.5. The highest BCUT2D eigenvalue weighted by molar-refractivity contribution is 5.69. The van der Waals surface area contributed by atoms with Gasteiger partial charge in [-0.3, -0.25) is 4.79 Å². The number of unbranched alkanes of at least 4 members (excludes halogenated alkanes) is 2. The van der Waals surface area contributed by atoms with Crippen molar-refractivity contribution in [2.24, 2.45) is 0 Å². The second-order valence-corrected chi connectivity index (χ2v) is 6.51. The molecule has 1 aliphatic rings. The van der Waals surface area contributed by atoms with E-state index in [1.54, 1.807) is 6.08 Å². The standard InChI is InChI=1S/C21H30O3/c1-3-5-6-15-21(22)24-20-14-10-8-12-18(20)17-11-7-9-13-19(17)23-16-4-2/h4,7,9,11,13,18,20H,2-3,5-6,8,10,12,14-16H2,1H3. The van der Waals surface area contributed by atoms with Gasteiger partial charge >= 0.3 is 5.97 Å². The molecule has 2 atom stereocenters. The highest BCUT2D eigenvalue weighted by Gasteiger charge is 2.31. The van der Waals surface area contributed by atoms with Gasteiger partial charge in [-0.25, -0.2) is 0 Å². The molecule has 0 bridgehead atoms. The molecule has 132 valence electrons. The van der Waals surface area contributed by atoms with E-state index in [0.29, 0.717) is 13.0 Å². The molecule has 3 heteroatoms. The molecule has 1 aromatic carbocycles. The van der Waals surface area contributed by atoms with Crippen molar-refractivity contribution in [3.63, 3.8) is 0 Å². The second kappa shape index (κ2) is 10.2. The quantitative estimate of drug-likeness (QED) is 0.345. The number of para-hydroxylation sites is 1. The lowest BCUT2D eigenvalue weighted by molar-refractivity contribution is -0.151. The predicted molar refractivity (Wildman–Crippen MR) is 97.4 cm³/mol. The molecule has 1 fully saturated rings. The largest absolute Gasteiger partial charge is 0.489 e. The molecule has 0 saturated heterocycles.